The van der Waals surface area contributed by atoms with E-state index in [9.17, 15) is 4.79 Å². The maximum Gasteiger partial charge on any atom is 0.151 e. The SMILES string of the molecule is O=C[C@H](O)[C@H](O)[C@H](O)CBr. The Morgan fingerprint density at radius 3 is 2.20 bits per heavy atom. The van der Waals surface area contributed by atoms with Crippen LogP contribution in [0.3, 0.4) is 0 Å². The molecule has 4 nitrogen and oxygen atoms in total. The van der Waals surface area contributed by atoms with Gasteiger partial charge in [0.2, 0.25) is 0 Å². The summed E-state index contributed by atoms with van der Waals surface area (Å²) in [6.07, 6.45) is -3.85. The molecule has 0 rings (SSSR count). The third kappa shape index (κ3) is 2.74. The molecule has 0 radical (unpaired) electrons. The molecule has 10 heavy (non-hydrogen) atoms. The van der Waals surface area contributed by atoms with Gasteiger partial charge in [-0.05, 0) is 0 Å². The van der Waals surface area contributed by atoms with E-state index in [1.54, 1.807) is 0 Å². The smallest absolute Gasteiger partial charge is 0.151 e. The molecule has 0 aromatic heterocycles. The van der Waals surface area contributed by atoms with Crippen LogP contribution in [0.2, 0.25) is 0 Å². The molecule has 60 valence electrons. The number of aldehydes is 1. The van der Waals surface area contributed by atoms with Crippen molar-refractivity contribution in [2.24, 2.45) is 0 Å². The van der Waals surface area contributed by atoms with Crippen LogP contribution < -0.4 is 0 Å². The van der Waals surface area contributed by atoms with Crippen LogP contribution in [0.1, 0.15) is 0 Å². The molecule has 0 unspecified atom stereocenters. The first-order valence-electron chi connectivity index (χ1n) is 2.69. The lowest BCUT2D eigenvalue weighted by atomic mass is 10.1. The van der Waals surface area contributed by atoms with Gasteiger partial charge in [-0.25, -0.2) is 0 Å². The van der Waals surface area contributed by atoms with Gasteiger partial charge in [0.05, 0.1) is 6.10 Å². The molecule has 0 bridgehead atoms. The van der Waals surface area contributed by atoms with Gasteiger partial charge in [0.25, 0.3) is 0 Å². The highest BCUT2D eigenvalue weighted by atomic mass is 79.9. The second-order valence-corrected chi connectivity index (χ2v) is 2.49. The van der Waals surface area contributed by atoms with Crippen molar-refractivity contribution in [3.63, 3.8) is 0 Å². The number of rotatable bonds is 4. The van der Waals surface area contributed by atoms with Crippen molar-refractivity contribution in [3.05, 3.63) is 0 Å². The fraction of sp³-hybridized carbons (Fsp3) is 0.800. The normalized spacial score (nSPS) is 19.6. The van der Waals surface area contributed by atoms with Gasteiger partial charge in [0.1, 0.15) is 12.2 Å². The second kappa shape index (κ2) is 4.79. The van der Waals surface area contributed by atoms with Crippen LogP contribution >= 0.6 is 15.9 Å². The number of aliphatic hydroxyl groups excluding tert-OH is 3. The van der Waals surface area contributed by atoms with E-state index in [4.69, 9.17) is 15.3 Å². The molecule has 3 atom stereocenters. The Bertz CT molecular complexity index is 108. The van der Waals surface area contributed by atoms with E-state index < -0.39 is 18.3 Å². The van der Waals surface area contributed by atoms with Crippen LogP contribution in [-0.4, -0.2) is 45.2 Å². The van der Waals surface area contributed by atoms with Crippen molar-refractivity contribution in [2.75, 3.05) is 5.33 Å². The number of carbonyl (C=O) groups is 1. The molecule has 0 aromatic rings. The molecule has 0 heterocycles. The topological polar surface area (TPSA) is 77.8 Å². The predicted molar refractivity (Wildman–Crippen MR) is 37.9 cm³/mol. The summed E-state index contributed by atoms with van der Waals surface area (Å²) in [5.74, 6) is 0. The van der Waals surface area contributed by atoms with Crippen molar-refractivity contribution in [2.45, 2.75) is 18.3 Å². The molecule has 0 saturated heterocycles. The van der Waals surface area contributed by atoms with Gasteiger partial charge in [-0.3, -0.25) is 0 Å². The molecule has 0 amide bonds. The Morgan fingerprint density at radius 1 is 1.40 bits per heavy atom. The predicted octanol–water partition coefficient (Wildman–Crippen LogP) is -1.34. The van der Waals surface area contributed by atoms with E-state index in [1.807, 2.05) is 0 Å². The highest BCUT2D eigenvalue weighted by Crippen LogP contribution is 2.00. The van der Waals surface area contributed by atoms with Crippen LogP contribution in [0.25, 0.3) is 0 Å². The summed E-state index contributed by atoms with van der Waals surface area (Å²) in [7, 11) is 0. The third-order valence-electron chi connectivity index (χ3n) is 1.04. The van der Waals surface area contributed by atoms with E-state index in [0.29, 0.717) is 0 Å². The average Bonchev–Trinajstić information content (AvgIpc) is 2.00. The summed E-state index contributed by atoms with van der Waals surface area (Å²) in [6, 6.07) is 0. The Hall–Kier alpha value is 0.0300. The van der Waals surface area contributed by atoms with Crippen LogP contribution in [-0.2, 0) is 4.79 Å². The van der Waals surface area contributed by atoms with Crippen molar-refractivity contribution in [1.29, 1.82) is 0 Å². The average molecular weight is 213 g/mol. The number of hydrogen-bond donors (Lipinski definition) is 3. The van der Waals surface area contributed by atoms with Crippen LogP contribution in [0.15, 0.2) is 0 Å². The van der Waals surface area contributed by atoms with Gasteiger partial charge in [0.15, 0.2) is 6.29 Å². The minimum absolute atomic E-state index is 0.124. The Kier molecular flexibility index (Phi) is 4.80. The first-order chi connectivity index (χ1) is 4.63. The maximum atomic E-state index is 9.83. The molecule has 0 aliphatic heterocycles. The fourth-order valence-electron chi connectivity index (χ4n) is 0.399. The number of carbonyl (C=O) groups excluding carboxylic acids is 1. The Balaban J connectivity index is 3.80. The first kappa shape index (κ1) is 10.0. The van der Waals surface area contributed by atoms with Crippen molar-refractivity contribution in [1.82, 2.24) is 0 Å². The van der Waals surface area contributed by atoms with Gasteiger partial charge < -0.3 is 20.1 Å². The van der Waals surface area contributed by atoms with Gasteiger partial charge in [-0.1, -0.05) is 15.9 Å². The fourth-order valence-corrected chi connectivity index (χ4v) is 0.782. The monoisotopic (exact) mass is 212 g/mol. The van der Waals surface area contributed by atoms with Gasteiger partial charge in [-0.2, -0.15) is 0 Å². The lowest BCUT2D eigenvalue weighted by Crippen LogP contribution is -2.39. The Labute approximate surface area is 66.6 Å². The van der Waals surface area contributed by atoms with E-state index in [2.05, 4.69) is 15.9 Å². The summed E-state index contributed by atoms with van der Waals surface area (Å²) in [4.78, 5) is 9.83. The van der Waals surface area contributed by atoms with E-state index >= 15 is 0 Å². The number of aliphatic hydroxyl groups is 3. The third-order valence-corrected chi connectivity index (χ3v) is 1.71. The largest absolute Gasteiger partial charge is 0.389 e. The quantitative estimate of drug-likeness (QED) is 0.399. The number of hydrogen-bond acceptors (Lipinski definition) is 4. The maximum absolute atomic E-state index is 9.83. The molecule has 0 saturated carbocycles. The highest BCUT2D eigenvalue weighted by molar-refractivity contribution is 9.09. The van der Waals surface area contributed by atoms with Crippen molar-refractivity contribution in [3.8, 4) is 0 Å². The van der Waals surface area contributed by atoms with Crippen LogP contribution in [0.5, 0.6) is 0 Å². The zero-order valence-electron chi connectivity index (χ0n) is 5.14. The molecule has 5 heteroatoms. The van der Waals surface area contributed by atoms with Gasteiger partial charge in [-0.15, -0.1) is 0 Å². The Morgan fingerprint density at radius 2 is 1.90 bits per heavy atom. The molecule has 0 fully saturated rings. The van der Waals surface area contributed by atoms with Crippen molar-refractivity contribution < 1.29 is 20.1 Å². The lowest BCUT2D eigenvalue weighted by Gasteiger charge is -2.16. The molecule has 0 spiro atoms. The van der Waals surface area contributed by atoms with Crippen molar-refractivity contribution >= 4 is 22.2 Å². The van der Waals surface area contributed by atoms with Gasteiger partial charge >= 0.3 is 0 Å². The van der Waals surface area contributed by atoms with E-state index in [1.165, 1.54) is 0 Å². The summed E-state index contributed by atoms with van der Waals surface area (Å²) in [5.41, 5.74) is 0. The van der Waals surface area contributed by atoms with Gasteiger partial charge in [0, 0.05) is 5.33 Å². The van der Waals surface area contributed by atoms with E-state index in [-0.39, 0.29) is 11.6 Å². The van der Waals surface area contributed by atoms with E-state index in [0.717, 1.165) is 0 Å². The minimum Gasteiger partial charge on any atom is -0.389 e. The summed E-state index contributed by atoms with van der Waals surface area (Å²) in [6.45, 7) is 0. The molecular weight excluding hydrogens is 204 g/mol. The lowest BCUT2D eigenvalue weighted by molar-refractivity contribution is -0.124. The number of halogens is 1. The zero-order valence-corrected chi connectivity index (χ0v) is 6.73. The molecular formula is C5H9BrO4. The molecule has 0 aliphatic rings. The summed E-state index contributed by atoms with van der Waals surface area (Å²) >= 11 is 2.88. The number of alkyl halides is 1. The molecule has 0 aromatic carbocycles. The molecule has 3 N–H and O–H groups in total. The first-order valence-corrected chi connectivity index (χ1v) is 3.81. The molecule has 0 aliphatic carbocycles. The highest BCUT2D eigenvalue weighted by Gasteiger charge is 2.22. The zero-order chi connectivity index (χ0) is 8.15. The standard InChI is InChI=1S/C5H9BrO4/c6-1-3(8)5(10)4(9)2-7/h2-5,8-10H,1H2/t3-,4+,5-/m1/s1. The summed E-state index contributed by atoms with van der Waals surface area (Å²) < 4.78 is 0. The van der Waals surface area contributed by atoms with Crippen LogP contribution in [0.4, 0.5) is 0 Å². The second-order valence-electron chi connectivity index (χ2n) is 1.84. The summed E-state index contributed by atoms with van der Waals surface area (Å²) in [5, 5.41) is 26.4. The van der Waals surface area contributed by atoms with Crippen LogP contribution in [0, 0.1) is 0 Å². The minimum atomic E-state index is -1.51.